The third kappa shape index (κ3) is 3.25. The van der Waals surface area contributed by atoms with Crippen LogP contribution in [0.1, 0.15) is 37.4 Å². The molecule has 2 rings (SSSR count). The second-order valence-corrected chi connectivity index (χ2v) is 5.77. The maximum atomic E-state index is 5.75. The number of thiazole rings is 1. The van der Waals surface area contributed by atoms with E-state index in [0.717, 1.165) is 12.2 Å². The average Bonchev–Trinajstić information content (AvgIpc) is 2.81. The minimum atomic E-state index is -0.435. The molecule has 2 unspecified atom stereocenters. The first kappa shape index (κ1) is 13.0. The molecule has 1 fully saturated rings. The van der Waals surface area contributed by atoms with Gasteiger partial charge in [-0.05, 0) is 27.7 Å². The van der Waals surface area contributed by atoms with Gasteiger partial charge in [-0.2, -0.15) is 0 Å². The molecule has 2 atom stereocenters. The van der Waals surface area contributed by atoms with Gasteiger partial charge in [0.1, 0.15) is 0 Å². The van der Waals surface area contributed by atoms with E-state index in [1.54, 1.807) is 11.3 Å². The van der Waals surface area contributed by atoms with Crippen LogP contribution in [0.15, 0.2) is 5.51 Å². The van der Waals surface area contributed by atoms with Crippen molar-refractivity contribution in [3.8, 4) is 0 Å². The van der Waals surface area contributed by atoms with Crippen LogP contribution in [0.25, 0.3) is 0 Å². The fourth-order valence-electron chi connectivity index (χ4n) is 1.99. The van der Waals surface area contributed by atoms with Crippen molar-refractivity contribution in [1.82, 2.24) is 10.3 Å². The summed E-state index contributed by atoms with van der Waals surface area (Å²) in [7, 11) is 0. The van der Waals surface area contributed by atoms with Crippen molar-refractivity contribution in [3.63, 3.8) is 0 Å². The van der Waals surface area contributed by atoms with Gasteiger partial charge in [0.05, 0.1) is 23.9 Å². The molecule has 1 saturated heterocycles. The first-order chi connectivity index (χ1) is 7.98. The SMILES string of the molecule is Cc1ncsc1C(C)NCC1COC(C)(C)O1. The third-order valence-corrected chi connectivity index (χ3v) is 4.01. The van der Waals surface area contributed by atoms with Crippen LogP contribution in [0, 0.1) is 6.92 Å². The molecule has 1 N–H and O–H groups in total. The highest BCUT2D eigenvalue weighted by molar-refractivity contribution is 7.09. The minimum Gasteiger partial charge on any atom is -0.348 e. The van der Waals surface area contributed by atoms with E-state index >= 15 is 0 Å². The topological polar surface area (TPSA) is 43.4 Å². The second kappa shape index (κ2) is 5.02. The van der Waals surface area contributed by atoms with Crippen LogP contribution < -0.4 is 5.32 Å². The fourth-order valence-corrected chi connectivity index (χ4v) is 2.83. The quantitative estimate of drug-likeness (QED) is 0.897. The lowest BCUT2D eigenvalue weighted by molar-refractivity contribution is -0.137. The van der Waals surface area contributed by atoms with E-state index in [1.165, 1.54) is 4.88 Å². The van der Waals surface area contributed by atoms with Gasteiger partial charge in [-0.3, -0.25) is 0 Å². The Balaban J connectivity index is 1.81. The molecule has 5 heteroatoms. The van der Waals surface area contributed by atoms with E-state index in [9.17, 15) is 0 Å². The Morgan fingerprint density at radius 3 is 2.94 bits per heavy atom. The number of ether oxygens (including phenoxy) is 2. The molecule has 1 aromatic heterocycles. The number of rotatable bonds is 4. The zero-order valence-electron chi connectivity index (χ0n) is 10.8. The Morgan fingerprint density at radius 1 is 1.65 bits per heavy atom. The van der Waals surface area contributed by atoms with Gasteiger partial charge < -0.3 is 14.8 Å². The van der Waals surface area contributed by atoms with Crippen LogP contribution in [0.2, 0.25) is 0 Å². The molecule has 0 saturated carbocycles. The average molecular weight is 256 g/mol. The van der Waals surface area contributed by atoms with Gasteiger partial charge in [0, 0.05) is 17.5 Å². The van der Waals surface area contributed by atoms with Gasteiger partial charge in [0.15, 0.2) is 5.79 Å². The van der Waals surface area contributed by atoms with E-state index < -0.39 is 5.79 Å². The monoisotopic (exact) mass is 256 g/mol. The summed E-state index contributed by atoms with van der Waals surface area (Å²) >= 11 is 1.69. The number of aryl methyl sites for hydroxylation is 1. The number of hydrogen-bond donors (Lipinski definition) is 1. The molecule has 0 aromatic carbocycles. The van der Waals surface area contributed by atoms with Crippen molar-refractivity contribution >= 4 is 11.3 Å². The van der Waals surface area contributed by atoms with Crippen molar-refractivity contribution in [2.75, 3.05) is 13.2 Å². The summed E-state index contributed by atoms with van der Waals surface area (Å²) in [6.45, 7) is 9.56. The molecule has 17 heavy (non-hydrogen) atoms. The molecular weight excluding hydrogens is 236 g/mol. The third-order valence-electron chi connectivity index (χ3n) is 2.89. The predicted octanol–water partition coefficient (Wildman–Crippen LogP) is 2.25. The highest BCUT2D eigenvalue weighted by Gasteiger charge is 2.32. The van der Waals surface area contributed by atoms with Crippen molar-refractivity contribution in [3.05, 3.63) is 16.1 Å². The van der Waals surface area contributed by atoms with Crippen LogP contribution >= 0.6 is 11.3 Å². The Bertz CT molecular complexity index is 378. The summed E-state index contributed by atoms with van der Waals surface area (Å²) in [5, 5.41) is 3.47. The van der Waals surface area contributed by atoms with Gasteiger partial charge in [-0.1, -0.05) is 0 Å². The Morgan fingerprint density at radius 2 is 2.41 bits per heavy atom. The van der Waals surface area contributed by atoms with E-state index in [1.807, 2.05) is 26.3 Å². The summed E-state index contributed by atoms with van der Waals surface area (Å²) in [6, 6.07) is 0.315. The largest absolute Gasteiger partial charge is 0.348 e. The normalized spacial score (nSPS) is 25.1. The lowest BCUT2D eigenvalue weighted by Gasteiger charge is -2.19. The Hall–Kier alpha value is -0.490. The molecule has 1 aliphatic heterocycles. The standard InChI is InChI=1S/C12H20N2O2S/c1-8(11-9(2)14-7-17-11)13-5-10-6-15-12(3,4)16-10/h7-8,10,13H,5-6H2,1-4H3. The minimum absolute atomic E-state index is 0.140. The van der Waals surface area contributed by atoms with Gasteiger partial charge >= 0.3 is 0 Å². The maximum absolute atomic E-state index is 5.75. The van der Waals surface area contributed by atoms with Crippen LogP contribution in [-0.2, 0) is 9.47 Å². The summed E-state index contributed by atoms with van der Waals surface area (Å²) in [6.07, 6.45) is 0.140. The summed E-state index contributed by atoms with van der Waals surface area (Å²) in [5.41, 5.74) is 3.00. The highest BCUT2D eigenvalue weighted by Crippen LogP contribution is 2.24. The Labute approximate surface area is 106 Å². The highest BCUT2D eigenvalue weighted by atomic mass is 32.1. The van der Waals surface area contributed by atoms with E-state index in [2.05, 4.69) is 17.2 Å². The van der Waals surface area contributed by atoms with E-state index in [-0.39, 0.29) is 6.10 Å². The molecule has 0 spiro atoms. The summed E-state index contributed by atoms with van der Waals surface area (Å²) in [5.74, 6) is -0.435. The number of aromatic nitrogens is 1. The number of nitrogens with zero attached hydrogens (tertiary/aromatic N) is 1. The van der Waals surface area contributed by atoms with Crippen molar-refractivity contribution in [1.29, 1.82) is 0 Å². The molecule has 0 aliphatic carbocycles. The van der Waals surface area contributed by atoms with Crippen LogP contribution in [-0.4, -0.2) is 30.0 Å². The summed E-state index contributed by atoms with van der Waals surface area (Å²) in [4.78, 5) is 5.56. The molecule has 4 nitrogen and oxygen atoms in total. The van der Waals surface area contributed by atoms with E-state index in [0.29, 0.717) is 12.6 Å². The molecule has 0 radical (unpaired) electrons. The lowest BCUT2D eigenvalue weighted by atomic mass is 10.2. The van der Waals surface area contributed by atoms with Crippen LogP contribution in [0.5, 0.6) is 0 Å². The van der Waals surface area contributed by atoms with Gasteiger partial charge in [0.25, 0.3) is 0 Å². The van der Waals surface area contributed by atoms with Gasteiger partial charge in [-0.25, -0.2) is 4.98 Å². The van der Waals surface area contributed by atoms with Gasteiger partial charge in [0.2, 0.25) is 0 Å². The van der Waals surface area contributed by atoms with Crippen LogP contribution in [0.4, 0.5) is 0 Å². The van der Waals surface area contributed by atoms with Crippen molar-refractivity contribution in [2.24, 2.45) is 0 Å². The molecular formula is C12H20N2O2S. The zero-order valence-corrected chi connectivity index (χ0v) is 11.6. The van der Waals surface area contributed by atoms with E-state index in [4.69, 9.17) is 9.47 Å². The molecule has 2 heterocycles. The molecule has 1 aromatic rings. The first-order valence-electron chi connectivity index (χ1n) is 5.93. The maximum Gasteiger partial charge on any atom is 0.163 e. The number of hydrogen-bond acceptors (Lipinski definition) is 5. The Kier molecular flexibility index (Phi) is 3.82. The first-order valence-corrected chi connectivity index (χ1v) is 6.81. The predicted molar refractivity (Wildman–Crippen MR) is 68.2 cm³/mol. The summed E-state index contributed by atoms with van der Waals surface area (Å²) < 4.78 is 11.3. The smallest absolute Gasteiger partial charge is 0.163 e. The fraction of sp³-hybridized carbons (Fsp3) is 0.750. The van der Waals surface area contributed by atoms with Crippen LogP contribution in [0.3, 0.4) is 0 Å². The number of nitrogens with one attached hydrogen (secondary N) is 1. The van der Waals surface area contributed by atoms with Crippen molar-refractivity contribution in [2.45, 2.75) is 45.6 Å². The van der Waals surface area contributed by atoms with Crippen molar-refractivity contribution < 1.29 is 9.47 Å². The van der Waals surface area contributed by atoms with Gasteiger partial charge in [-0.15, -0.1) is 11.3 Å². The zero-order chi connectivity index (χ0) is 12.5. The lowest BCUT2D eigenvalue weighted by Crippen LogP contribution is -2.32. The molecule has 0 bridgehead atoms. The molecule has 1 aliphatic rings. The molecule has 96 valence electrons. The second-order valence-electron chi connectivity index (χ2n) is 4.88. The molecule has 0 amide bonds.